The average molecular weight is 231 g/mol. The van der Waals surface area contributed by atoms with Crippen molar-refractivity contribution in [3.63, 3.8) is 0 Å². The van der Waals surface area contributed by atoms with Crippen molar-refractivity contribution in [3.05, 3.63) is 35.9 Å². The molecule has 1 N–H and O–H groups in total. The van der Waals surface area contributed by atoms with E-state index in [1.54, 1.807) is 0 Å². The van der Waals surface area contributed by atoms with Crippen LogP contribution in [0.3, 0.4) is 0 Å². The summed E-state index contributed by atoms with van der Waals surface area (Å²) in [4.78, 5) is 0. The summed E-state index contributed by atoms with van der Waals surface area (Å²) in [6.07, 6.45) is 5.62. The van der Waals surface area contributed by atoms with Crippen molar-refractivity contribution in [2.24, 2.45) is 5.41 Å². The number of nitrogens with one attached hydrogen (secondary N) is 1. The molecule has 0 bridgehead atoms. The molecule has 17 heavy (non-hydrogen) atoms. The molecule has 0 radical (unpaired) electrons. The Balaban J connectivity index is 1.75. The van der Waals surface area contributed by atoms with E-state index in [4.69, 9.17) is 0 Å². The Morgan fingerprint density at radius 1 is 1.24 bits per heavy atom. The molecule has 1 aromatic rings. The first-order valence-electron chi connectivity index (χ1n) is 7.01. The van der Waals surface area contributed by atoms with Crippen molar-refractivity contribution in [3.8, 4) is 0 Å². The molecule has 1 fully saturated rings. The van der Waals surface area contributed by atoms with Gasteiger partial charge < -0.3 is 5.32 Å². The highest BCUT2D eigenvalue weighted by Gasteiger charge is 2.34. The predicted octanol–water partition coefficient (Wildman–Crippen LogP) is 3.96. The van der Waals surface area contributed by atoms with Crippen LogP contribution in [0.25, 0.3) is 0 Å². The maximum atomic E-state index is 3.68. The molecule has 94 valence electrons. The zero-order valence-electron chi connectivity index (χ0n) is 11.2. The highest BCUT2D eigenvalue weighted by molar-refractivity contribution is 5.18. The van der Waals surface area contributed by atoms with Crippen LogP contribution in [-0.4, -0.2) is 13.1 Å². The first-order valence-corrected chi connectivity index (χ1v) is 7.01. The van der Waals surface area contributed by atoms with Crippen LogP contribution in [0.2, 0.25) is 0 Å². The summed E-state index contributed by atoms with van der Waals surface area (Å²) >= 11 is 0. The number of benzene rings is 1. The van der Waals surface area contributed by atoms with Crippen molar-refractivity contribution >= 4 is 0 Å². The zero-order valence-corrected chi connectivity index (χ0v) is 11.2. The molecule has 1 heteroatoms. The van der Waals surface area contributed by atoms with Gasteiger partial charge >= 0.3 is 0 Å². The van der Waals surface area contributed by atoms with E-state index in [-0.39, 0.29) is 0 Å². The molecule has 0 amide bonds. The molecule has 1 saturated carbocycles. The molecule has 2 rings (SSSR count). The van der Waals surface area contributed by atoms with Gasteiger partial charge in [0.2, 0.25) is 0 Å². The lowest BCUT2D eigenvalue weighted by Crippen LogP contribution is -2.40. The number of hydrogen-bond donors (Lipinski definition) is 1. The van der Waals surface area contributed by atoms with Crippen LogP contribution in [0.1, 0.15) is 51.0 Å². The van der Waals surface area contributed by atoms with Crippen LogP contribution in [0, 0.1) is 5.41 Å². The fraction of sp³-hybridized carbons (Fsp3) is 0.625. The van der Waals surface area contributed by atoms with Crippen molar-refractivity contribution in [1.82, 2.24) is 5.32 Å². The van der Waals surface area contributed by atoms with Crippen molar-refractivity contribution in [2.75, 3.05) is 13.1 Å². The summed E-state index contributed by atoms with van der Waals surface area (Å²) in [6, 6.07) is 10.8. The quantitative estimate of drug-likeness (QED) is 0.781. The largest absolute Gasteiger partial charge is 0.316 e. The molecule has 1 aliphatic rings. The third kappa shape index (κ3) is 3.10. The fourth-order valence-electron chi connectivity index (χ4n) is 2.79. The van der Waals surface area contributed by atoms with Crippen LogP contribution in [0.4, 0.5) is 0 Å². The minimum atomic E-state index is 0.616. The molecule has 1 unspecified atom stereocenters. The van der Waals surface area contributed by atoms with Crippen molar-refractivity contribution in [2.45, 2.75) is 45.4 Å². The Kier molecular flexibility index (Phi) is 4.22. The lowest BCUT2D eigenvalue weighted by molar-refractivity contribution is 0.124. The van der Waals surface area contributed by atoms with Gasteiger partial charge in [-0.3, -0.25) is 0 Å². The van der Waals surface area contributed by atoms with Gasteiger partial charge in [0, 0.05) is 13.1 Å². The SMILES string of the molecule is CCC1(CNCC(C)c2ccccc2)CCC1. The maximum Gasteiger partial charge on any atom is 0.00177 e. The molecule has 0 aromatic heterocycles. The molecular formula is C16H25N. The summed E-state index contributed by atoms with van der Waals surface area (Å²) in [5, 5.41) is 3.68. The van der Waals surface area contributed by atoms with E-state index in [1.807, 2.05) is 0 Å². The maximum absolute atomic E-state index is 3.68. The molecule has 0 spiro atoms. The number of hydrogen-bond acceptors (Lipinski definition) is 1. The summed E-state index contributed by atoms with van der Waals surface area (Å²) in [6.45, 7) is 6.95. The molecule has 1 atom stereocenters. The van der Waals surface area contributed by atoms with Gasteiger partial charge in [-0.15, -0.1) is 0 Å². The Morgan fingerprint density at radius 3 is 2.47 bits per heavy atom. The Morgan fingerprint density at radius 2 is 1.94 bits per heavy atom. The standard InChI is InChI=1S/C16H25N/c1-3-16(10-7-11-16)13-17-12-14(2)15-8-5-4-6-9-15/h4-6,8-9,14,17H,3,7,10-13H2,1-2H3. The first kappa shape index (κ1) is 12.6. The predicted molar refractivity (Wildman–Crippen MR) is 74.3 cm³/mol. The van der Waals surface area contributed by atoms with Crippen LogP contribution in [0.15, 0.2) is 30.3 Å². The molecule has 1 aliphatic carbocycles. The minimum absolute atomic E-state index is 0.616. The summed E-state index contributed by atoms with van der Waals surface area (Å²) in [7, 11) is 0. The first-order chi connectivity index (χ1) is 8.26. The Labute approximate surface area is 106 Å². The summed E-state index contributed by atoms with van der Waals surface area (Å²) in [5.74, 6) is 0.616. The van der Waals surface area contributed by atoms with E-state index in [9.17, 15) is 0 Å². The normalized spacial score (nSPS) is 19.6. The van der Waals surface area contributed by atoms with Crippen LogP contribution < -0.4 is 5.32 Å². The van der Waals surface area contributed by atoms with E-state index in [0.717, 1.165) is 6.54 Å². The third-order valence-corrected chi connectivity index (χ3v) is 4.48. The molecular weight excluding hydrogens is 206 g/mol. The lowest BCUT2D eigenvalue weighted by Gasteiger charge is -2.41. The van der Waals surface area contributed by atoms with Gasteiger partial charge in [0.25, 0.3) is 0 Å². The topological polar surface area (TPSA) is 12.0 Å². The zero-order chi connectivity index (χ0) is 12.1. The monoisotopic (exact) mass is 231 g/mol. The lowest BCUT2D eigenvalue weighted by atomic mass is 9.67. The molecule has 0 aliphatic heterocycles. The number of rotatable bonds is 6. The summed E-state index contributed by atoms with van der Waals surface area (Å²) in [5.41, 5.74) is 2.08. The van der Waals surface area contributed by atoms with Gasteiger partial charge in [0.15, 0.2) is 0 Å². The summed E-state index contributed by atoms with van der Waals surface area (Å²) < 4.78 is 0. The Hall–Kier alpha value is -0.820. The van der Waals surface area contributed by atoms with E-state index < -0.39 is 0 Å². The highest BCUT2D eigenvalue weighted by atomic mass is 14.9. The Bertz CT molecular complexity index is 321. The van der Waals surface area contributed by atoms with Gasteiger partial charge in [-0.25, -0.2) is 0 Å². The average Bonchev–Trinajstić information content (AvgIpc) is 2.33. The molecule has 1 aromatic carbocycles. The van der Waals surface area contributed by atoms with Gasteiger partial charge in [0.1, 0.15) is 0 Å². The van der Waals surface area contributed by atoms with Crippen LogP contribution in [0.5, 0.6) is 0 Å². The highest BCUT2D eigenvalue weighted by Crippen LogP contribution is 2.43. The van der Waals surface area contributed by atoms with E-state index in [1.165, 1.54) is 37.8 Å². The van der Waals surface area contributed by atoms with Crippen LogP contribution in [-0.2, 0) is 0 Å². The molecule has 0 saturated heterocycles. The third-order valence-electron chi connectivity index (χ3n) is 4.48. The second kappa shape index (κ2) is 5.68. The van der Waals surface area contributed by atoms with Crippen LogP contribution >= 0.6 is 0 Å². The smallest absolute Gasteiger partial charge is 0.00177 e. The van der Waals surface area contributed by atoms with Gasteiger partial charge in [-0.05, 0) is 36.2 Å². The minimum Gasteiger partial charge on any atom is -0.316 e. The second-order valence-corrected chi connectivity index (χ2v) is 5.65. The van der Waals surface area contributed by atoms with Gasteiger partial charge in [-0.2, -0.15) is 0 Å². The second-order valence-electron chi connectivity index (χ2n) is 5.65. The van der Waals surface area contributed by atoms with E-state index >= 15 is 0 Å². The van der Waals surface area contributed by atoms with Gasteiger partial charge in [-0.1, -0.05) is 50.6 Å². The van der Waals surface area contributed by atoms with E-state index in [0.29, 0.717) is 11.3 Å². The fourth-order valence-corrected chi connectivity index (χ4v) is 2.79. The van der Waals surface area contributed by atoms with Crippen molar-refractivity contribution < 1.29 is 0 Å². The van der Waals surface area contributed by atoms with Gasteiger partial charge in [0.05, 0.1) is 0 Å². The van der Waals surface area contributed by atoms with E-state index in [2.05, 4.69) is 49.5 Å². The molecule has 1 nitrogen and oxygen atoms in total. The van der Waals surface area contributed by atoms with Crippen molar-refractivity contribution in [1.29, 1.82) is 0 Å². The molecule has 0 heterocycles.